The number of carbonyl (C=O) groups excluding carboxylic acids is 1. The first kappa shape index (κ1) is 9.21. The number of rotatable bonds is 3. The summed E-state index contributed by atoms with van der Waals surface area (Å²) in [6.07, 6.45) is 0.627. The van der Waals surface area contributed by atoms with E-state index in [-0.39, 0.29) is 5.91 Å². The molecule has 3 heteroatoms. The summed E-state index contributed by atoms with van der Waals surface area (Å²) in [7, 11) is 0. The molecule has 1 fully saturated rings. The molecule has 1 heterocycles. The minimum Gasteiger partial charge on any atom is -0.326 e. The number of anilines is 1. The zero-order valence-corrected chi connectivity index (χ0v) is 7.99. The molecule has 74 valence electrons. The maximum absolute atomic E-state index is 11.5. The molecule has 0 bridgehead atoms. The molecule has 1 saturated heterocycles. The summed E-state index contributed by atoms with van der Waals surface area (Å²) in [6.45, 7) is 1.95. The van der Waals surface area contributed by atoms with Gasteiger partial charge in [0.05, 0.1) is 0 Å². The predicted molar refractivity (Wildman–Crippen MR) is 56.0 cm³/mol. The van der Waals surface area contributed by atoms with Gasteiger partial charge >= 0.3 is 0 Å². The van der Waals surface area contributed by atoms with Crippen molar-refractivity contribution in [3.05, 3.63) is 30.3 Å². The third-order valence-corrected chi connectivity index (χ3v) is 2.40. The van der Waals surface area contributed by atoms with Crippen LogP contribution >= 0.6 is 0 Å². The van der Waals surface area contributed by atoms with Gasteiger partial charge in [0.15, 0.2) is 0 Å². The average molecular weight is 190 g/mol. The Morgan fingerprint density at radius 1 is 1.36 bits per heavy atom. The molecule has 0 unspecified atom stereocenters. The fourth-order valence-corrected chi connectivity index (χ4v) is 1.49. The lowest BCUT2D eigenvalue weighted by Crippen LogP contribution is -2.43. The lowest BCUT2D eigenvalue weighted by molar-refractivity contribution is -0.117. The van der Waals surface area contributed by atoms with E-state index in [1.807, 2.05) is 30.3 Å². The van der Waals surface area contributed by atoms with Gasteiger partial charge in [-0.1, -0.05) is 18.2 Å². The maximum Gasteiger partial charge on any atom is 0.224 e. The van der Waals surface area contributed by atoms with E-state index in [1.165, 1.54) is 0 Å². The summed E-state index contributed by atoms with van der Waals surface area (Å²) in [4.78, 5) is 11.5. The summed E-state index contributed by atoms with van der Waals surface area (Å²) in [5.41, 5.74) is 0.879. The molecule has 1 aliphatic heterocycles. The van der Waals surface area contributed by atoms with Crippen molar-refractivity contribution >= 4 is 11.6 Å². The van der Waals surface area contributed by atoms with Gasteiger partial charge in [-0.3, -0.25) is 4.79 Å². The number of carbonyl (C=O) groups is 1. The van der Waals surface area contributed by atoms with Crippen LogP contribution in [0.2, 0.25) is 0 Å². The Morgan fingerprint density at radius 3 is 2.64 bits per heavy atom. The number of nitrogens with one attached hydrogen (secondary N) is 2. The van der Waals surface area contributed by atoms with Gasteiger partial charge in [0.2, 0.25) is 5.91 Å². The van der Waals surface area contributed by atoms with E-state index in [9.17, 15) is 4.79 Å². The van der Waals surface area contributed by atoms with Crippen molar-refractivity contribution in [2.24, 2.45) is 5.92 Å². The lowest BCUT2D eigenvalue weighted by Gasteiger charge is -2.26. The van der Waals surface area contributed by atoms with Crippen LogP contribution in [0.25, 0.3) is 0 Å². The second-order valence-electron chi connectivity index (χ2n) is 3.64. The quantitative estimate of drug-likeness (QED) is 0.752. The first-order valence-corrected chi connectivity index (χ1v) is 4.90. The van der Waals surface area contributed by atoms with Crippen LogP contribution in [0.5, 0.6) is 0 Å². The number of para-hydroxylation sites is 1. The van der Waals surface area contributed by atoms with E-state index < -0.39 is 0 Å². The Morgan fingerprint density at radius 2 is 2.07 bits per heavy atom. The highest BCUT2D eigenvalue weighted by atomic mass is 16.1. The normalized spacial score (nSPS) is 16.0. The molecule has 1 aliphatic rings. The molecule has 1 aromatic carbocycles. The van der Waals surface area contributed by atoms with Gasteiger partial charge in [0, 0.05) is 12.1 Å². The van der Waals surface area contributed by atoms with Crippen LogP contribution in [0.1, 0.15) is 6.42 Å². The molecular weight excluding hydrogens is 176 g/mol. The minimum atomic E-state index is 0.114. The van der Waals surface area contributed by atoms with Crippen LogP contribution in [-0.4, -0.2) is 19.0 Å². The second-order valence-corrected chi connectivity index (χ2v) is 3.64. The van der Waals surface area contributed by atoms with Crippen molar-refractivity contribution in [3.8, 4) is 0 Å². The molecular formula is C11H14N2O. The molecule has 0 radical (unpaired) electrons. The zero-order chi connectivity index (χ0) is 9.80. The summed E-state index contributed by atoms with van der Waals surface area (Å²) >= 11 is 0. The van der Waals surface area contributed by atoms with Gasteiger partial charge in [-0.15, -0.1) is 0 Å². The standard InChI is InChI=1S/C11H14N2O/c14-11(6-9-7-12-8-9)13-10-4-2-1-3-5-10/h1-5,9,12H,6-8H2,(H,13,14). The lowest BCUT2D eigenvalue weighted by atomic mass is 9.99. The van der Waals surface area contributed by atoms with Gasteiger partial charge in [0.25, 0.3) is 0 Å². The Hall–Kier alpha value is -1.35. The van der Waals surface area contributed by atoms with Crippen LogP contribution in [0.3, 0.4) is 0 Å². The van der Waals surface area contributed by atoms with Crippen LogP contribution in [-0.2, 0) is 4.79 Å². The van der Waals surface area contributed by atoms with E-state index in [0.717, 1.165) is 18.8 Å². The zero-order valence-electron chi connectivity index (χ0n) is 7.99. The maximum atomic E-state index is 11.5. The summed E-state index contributed by atoms with van der Waals surface area (Å²) in [6, 6.07) is 9.57. The third kappa shape index (κ3) is 2.33. The molecule has 0 atom stereocenters. The SMILES string of the molecule is O=C(CC1CNC1)Nc1ccccc1. The van der Waals surface area contributed by atoms with Gasteiger partial charge in [-0.25, -0.2) is 0 Å². The molecule has 2 rings (SSSR count). The average Bonchev–Trinajstić information content (AvgIpc) is 2.13. The van der Waals surface area contributed by atoms with E-state index in [4.69, 9.17) is 0 Å². The van der Waals surface area contributed by atoms with Crippen molar-refractivity contribution in [3.63, 3.8) is 0 Å². The Bertz CT molecular complexity index is 306. The molecule has 0 saturated carbocycles. The topological polar surface area (TPSA) is 41.1 Å². The molecule has 2 N–H and O–H groups in total. The number of amides is 1. The van der Waals surface area contributed by atoms with Crippen molar-refractivity contribution in [2.75, 3.05) is 18.4 Å². The second kappa shape index (κ2) is 4.24. The highest BCUT2D eigenvalue weighted by Gasteiger charge is 2.19. The molecule has 0 aromatic heterocycles. The molecule has 1 aromatic rings. The van der Waals surface area contributed by atoms with Crippen molar-refractivity contribution in [1.82, 2.24) is 5.32 Å². The predicted octanol–water partition coefficient (Wildman–Crippen LogP) is 1.23. The molecule has 14 heavy (non-hydrogen) atoms. The highest BCUT2D eigenvalue weighted by molar-refractivity contribution is 5.90. The van der Waals surface area contributed by atoms with Gasteiger partial charge in [-0.05, 0) is 31.1 Å². The number of hydrogen-bond acceptors (Lipinski definition) is 2. The monoisotopic (exact) mass is 190 g/mol. The van der Waals surface area contributed by atoms with Crippen LogP contribution in [0, 0.1) is 5.92 Å². The van der Waals surface area contributed by atoms with Gasteiger partial charge in [-0.2, -0.15) is 0 Å². The summed E-state index contributed by atoms with van der Waals surface area (Å²) in [5, 5.41) is 6.02. The smallest absolute Gasteiger partial charge is 0.224 e. The number of benzene rings is 1. The fourth-order valence-electron chi connectivity index (χ4n) is 1.49. The Kier molecular flexibility index (Phi) is 2.79. The van der Waals surface area contributed by atoms with Crippen LogP contribution in [0.15, 0.2) is 30.3 Å². The Labute approximate surface area is 83.5 Å². The van der Waals surface area contributed by atoms with Gasteiger partial charge in [0.1, 0.15) is 0 Å². The first-order chi connectivity index (χ1) is 6.84. The Balaban J connectivity index is 1.82. The third-order valence-electron chi connectivity index (χ3n) is 2.40. The number of hydrogen-bond donors (Lipinski definition) is 2. The molecule has 0 spiro atoms. The van der Waals surface area contributed by atoms with E-state index >= 15 is 0 Å². The van der Waals surface area contributed by atoms with Gasteiger partial charge < -0.3 is 10.6 Å². The molecule has 1 amide bonds. The first-order valence-electron chi connectivity index (χ1n) is 4.90. The highest BCUT2D eigenvalue weighted by Crippen LogP contribution is 2.11. The summed E-state index contributed by atoms with van der Waals surface area (Å²) < 4.78 is 0. The van der Waals surface area contributed by atoms with Crippen molar-refractivity contribution in [2.45, 2.75) is 6.42 Å². The molecule has 3 nitrogen and oxygen atoms in total. The van der Waals surface area contributed by atoms with Crippen LogP contribution in [0.4, 0.5) is 5.69 Å². The largest absolute Gasteiger partial charge is 0.326 e. The van der Waals surface area contributed by atoms with E-state index in [1.54, 1.807) is 0 Å². The van der Waals surface area contributed by atoms with Crippen molar-refractivity contribution < 1.29 is 4.79 Å². The fraction of sp³-hybridized carbons (Fsp3) is 0.364. The minimum absolute atomic E-state index is 0.114. The molecule has 0 aliphatic carbocycles. The van der Waals surface area contributed by atoms with Crippen molar-refractivity contribution in [1.29, 1.82) is 0 Å². The summed E-state index contributed by atoms with van der Waals surface area (Å²) in [5.74, 6) is 0.640. The van der Waals surface area contributed by atoms with E-state index in [0.29, 0.717) is 12.3 Å². The van der Waals surface area contributed by atoms with E-state index in [2.05, 4.69) is 10.6 Å². The van der Waals surface area contributed by atoms with Crippen LogP contribution < -0.4 is 10.6 Å².